The third-order valence-corrected chi connectivity index (χ3v) is 8.03. The summed E-state index contributed by atoms with van der Waals surface area (Å²) in [5.74, 6) is 1.39. The minimum atomic E-state index is -0.146. The van der Waals surface area contributed by atoms with Crippen molar-refractivity contribution < 1.29 is 23.8 Å². The molecule has 0 aromatic heterocycles. The fraction of sp³-hybridized carbons (Fsp3) is 0.412. The van der Waals surface area contributed by atoms with E-state index in [1.807, 2.05) is 42.2 Å². The number of fused-ring (bicyclic) bond motifs is 2. The number of aryl methyl sites for hydroxylation is 1. The predicted octanol–water partition coefficient (Wildman–Crippen LogP) is 6.74. The van der Waals surface area contributed by atoms with Gasteiger partial charge in [0.05, 0.1) is 26.4 Å². The van der Waals surface area contributed by atoms with E-state index in [0.717, 1.165) is 50.1 Å². The number of unbranched alkanes of at least 4 members (excludes halogenated alkanes) is 1. The summed E-state index contributed by atoms with van der Waals surface area (Å²) < 4.78 is 16.4. The molecule has 2 atom stereocenters. The van der Waals surface area contributed by atoms with Crippen molar-refractivity contribution in [2.45, 2.75) is 64.5 Å². The Morgan fingerprint density at radius 3 is 2.63 bits per heavy atom. The van der Waals surface area contributed by atoms with Crippen molar-refractivity contribution in [2.24, 2.45) is 0 Å². The monoisotopic (exact) mass is 556 g/mol. The van der Waals surface area contributed by atoms with Crippen molar-refractivity contribution in [3.63, 3.8) is 0 Å². The molecule has 216 valence electrons. The smallest absolute Gasteiger partial charge is 0.305 e. The van der Waals surface area contributed by atoms with E-state index in [1.165, 1.54) is 16.8 Å². The number of hydrogen-bond acceptors (Lipinski definition) is 6. The molecular formula is C34H40N2O5. The number of ether oxygens (including phenoxy) is 3. The summed E-state index contributed by atoms with van der Waals surface area (Å²) >= 11 is 0. The van der Waals surface area contributed by atoms with Crippen LogP contribution >= 0.6 is 0 Å². The number of amides is 1. The Kier molecular flexibility index (Phi) is 9.12. The molecule has 0 bridgehead atoms. The molecule has 3 aromatic carbocycles. The summed E-state index contributed by atoms with van der Waals surface area (Å²) in [7, 11) is 1.62. The van der Waals surface area contributed by atoms with Crippen molar-refractivity contribution in [1.29, 1.82) is 0 Å². The zero-order valence-corrected chi connectivity index (χ0v) is 24.3. The number of nitrogens with zero attached hydrogens (tertiary/aromatic N) is 2. The number of rotatable bonds is 10. The minimum absolute atomic E-state index is 0.00890. The van der Waals surface area contributed by atoms with E-state index in [4.69, 9.17) is 14.2 Å². The first-order valence-electron chi connectivity index (χ1n) is 14.7. The molecule has 0 saturated carbocycles. The SMILES string of the molecule is CCOC(=O)CCCCOc1ccc2c(c1)CCCN2C1CC(C)N(C(=O)c2cccc(OC)c2)c2ccccc21. The zero-order valence-electron chi connectivity index (χ0n) is 24.3. The first-order chi connectivity index (χ1) is 20.0. The highest BCUT2D eigenvalue weighted by atomic mass is 16.5. The number of carbonyl (C=O) groups excluding carboxylic acids is 2. The van der Waals surface area contributed by atoms with E-state index in [9.17, 15) is 9.59 Å². The van der Waals surface area contributed by atoms with Crippen molar-refractivity contribution in [2.75, 3.05) is 36.7 Å². The van der Waals surface area contributed by atoms with Crippen LogP contribution in [0, 0.1) is 0 Å². The molecule has 0 N–H and O–H groups in total. The van der Waals surface area contributed by atoms with Gasteiger partial charge in [0.2, 0.25) is 0 Å². The standard InChI is InChI=1S/C34H40N2O5/c1-4-40-33(37)16-7-8-20-41-28-17-18-30-25(22-28)12-10-19-35(30)32-21-24(2)36(31-15-6-5-14-29(31)32)34(38)26-11-9-13-27(23-26)39-3/h5-6,9,11,13-15,17-18,22-24,32H,4,7-8,10,12,16,19-21H2,1-3H3. The molecule has 5 rings (SSSR count). The average molecular weight is 557 g/mol. The molecule has 0 aliphatic carbocycles. The van der Waals surface area contributed by atoms with Gasteiger partial charge in [0, 0.05) is 35.9 Å². The van der Waals surface area contributed by atoms with Gasteiger partial charge in [-0.1, -0.05) is 24.3 Å². The Hall–Kier alpha value is -4.00. The van der Waals surface area contributed by atoms with Crippen LogP contribution in [0.3, 0.4) is 0 Å². The first kappa shape index (κ1) is 28.5. The maximum atomic E-state index is 13.8. The van der Waals surface area contributed by atoms with E-state index in [0.29, 0.717) is 30.9 Å². The van der Waals surface area contributed by atoms with Gasteiger partial charge in [0.15, 0.2) is 0 Å². The maximum absolute atomic E-state index is 13.8. The van der Waals surface area contributed by atoms with Crippen LogP contribution in [0.1, 0.15) is 73.5 Å². The summed E-state index contributed by atoms with van der Waals surface area (Å²) in [6.07, 6.45) is 4.91. The maximum Gasteiger partial charge on any atom is 0.305 e. The van der Waals surface area contributed by atoms with Gasteiger partial charge in [0.1, 0.15) is 11.5 Å². The Morgan fingerprint density at radius 1 is 0.951 bits per heavy atom. The molecule has 3 aromatic rings. The topological polar surface area (TPSA) is 68.3 Å². The van der Waals surface area contributed by atoms with Crippen LogP contribution in [-0.2, 0) is 16.0 Å². The van der Waals surface area contributed by atoms with E-state index in [1.54, 1.807) is 7.11 Å². The van der Waals surface area contributed by atoms with Gasteiger partial charge in [-0.25, -0.2) is 0 Å². The van der Waals surface area contributed by atoms with Crippen molar-refractivity contribution in [1.82, 2.24) is 0 Å². The van der Waals surface area contributed by atoms with Gasteiger partial charge in [0.25, 0.3) is 5.91 Å². The molecule has 1 amide bonds. The van der Waals surface area contributed by atoms with Crippen LogP contribution in [-0.4, -0.2) is 44.8 Å². The molecule has 0 fully saturated rings. The highest BCUT2D eigenvalue weighted by Gasteiger charge is 2.38. The van der Waals surface area contributed by atoms with E-state index in [-0.39, 0.29) is 24.0 Å². The van der Waals surface area contributed by atoms with Gasteiger partial charge in [-0.05, 0) is 99.5 Å². The quantitative estimate of drug-likeness (QED) is 0.204. The normalized spacial score (nSPS) is 17.8. The first-order valence-corrected chi connectivity index (χ1v) is 14.7. The highest BCUT2D eigenvalue weighted by Crippen LogP contribution is 2.45. The highest BCUT2D eigenvalue weighted by molar-refractivity contribution is 6.07. The van der Waals surface area contributed by atoms with Gasteiger partial charge in [-0.2, -0.15) is 0 Å². The summed E-state index contributed by atoms with van der Waals surface area (Å²) in [6, 6.07) is 22.3. The average Bonchev–Trinajstić information content (AvgIpc) is 3.00. The van der Waals surface area contributed by atoms with Crippen LogP contribution in [0.15, 0.2) is 66.7 Å². The van der Waals surface area contributed by atoms with Crippen molar-refractivity contribution in [3.8, 4) is 11.5 Å². The van der Waals surface area contributed by atoms with Crippen LogP contribution in [0.2, 0.25) is 0 Å². The van der Waals surface area contributed by atoms with E-state index in [2.05, 4.69) is 48.2 Å². The lowest BCUT2D eigenvalue weighted by molar-refractivity contribution is -0.143. The Bertz CT molecular complexity index is 1370. The van der Waals surface area contributed by atoms with Crippen molar-refractivity contribution >= 4 is 23.3 Å². The molecule has 7 heteroatoms. The van der Waals surface area contributed by atoms with Gasteiger partial charge in [-0.3, -0.25) is 9.59 Å². The molecule has 41 heavy (non-hydrogen) atoms. The van der Waals surface area contributed by atoms with Crippen LogP contribution in [0.4, 0.5) is 11.4 Å². The summed E-state index contributed by atoms with van der Waals surface area (Å²) in [5.41, 5.74) is 5.31. The van der Waals surface area contributed by atoms with Crippen LogP contribution < -0.4 is 19.3 Å². The molecule has 7 nitrogen and oxygen atoms in total. The number of methoxy groups -OCH3 is 1. The lowest BCUT2D eigenvalue weighted by atomic mass is 9.87. The number of hydrogen-bond donors (Lipinski definition) is 0. The molecule has 2 heterocycles. The Morgan fingerprint density at radius 2 is 1.80 bits per heavy atom. The predicted molar refractivity (Wildman–Crippen MR) is 161 cm³/mol. The van der Waals surface area contributed by atoms with Gasteiger partial charge in [-0.15, -0.1) is 0 Å². The van der Waals surface area contributed by atoms with Gasteiger partial charge < -0.3 is 24.0 Å². The second-order valence-corrected chi connectivity index (χ2v) is 10.8. The lowest BCUT2D eigenvalue weighted by Gasteiger charge is -2.46. The number of para-hydroxylation sites is 1. The molecular weight excluding hydrogens is 516 g/mol. The molecule has 0 spiro atoms. The second kappa shape index (κ2) is 13.1. The Balaban J connectivity index is 1.32. The van der Waals surface area contributed by atoms with E-state index >= 15 is 0 Å². The van der Waals surface area contributed by atoms with Crippen molar-refractivity contribution in [3.05, 3.63) is 83.4 Å². The Labute approximate surface area is 243 Å². The largest absolute Gasteiger partial charge is 0.497 e. The molecule has 2 aliphatic rings. The molecule has 0 saturated heterocycles. The molecule has 2 unspecified atom stereocenters. The third-order valence-electron chi connectivity index (χ3n) is 8.03. The number of anilines is 2. The second-order valence-electron chi connectivity index (χ2n) is 10.8. The van der Waals surface area contributed by atoms with Crippen LogP contribution in [0.5, 0.6) is 11.5 Å². The van der Waals surface area contributed by atoms with Crippen LogP contribution in [0.25, 0.3) is 0 Å². The summed E-state index contributed by atoms with van der Waals surface area (Å²) in [5, 5.41) is 0. The fourth-order valence-corrected chi connectivity index (χ4v) is 6.09. The lowest BCUT2D eigenvalue weighted by Crippen LogP contribution is -2.47. The summed E-state index contributed by atoms with van der Waals surface area (Å²) in [6.45, 7) is 5.94. The molecule has 0 radical (unpaired) electrons. The number of esters is 1. The molecule has 2 aliphatic heterocycles. The fourth-order valence-electron chi connectivity index (χ4n) is 6.09. The number of carbonyl (C=O) groups is 2. The zero-order chi connectivity index (χ0) is 28.8. The number of benzene rings is 3. The summed E-state index contributed by atoms with van der Waals surface area (Å²) in [4.78, 5) is 29.8. The van der Waals surface area contributed by atoms with E-state index < -0.39 is 0 Å². The third kappa shape index (κ3) is 6.34. The minimum Gasteiger partial charge on any atom is -0.497 e. The van der Waals surface area contributed by atoms with Gasteiger partial charge >= 0.3 is 5.97 Å².